The number of fused-ring (bicyclic) bond motifs is 1. The van der Waals surface area contributed by atoms with Gasteiger partial charge < -0.3 is 15.0 Å². The maximum absolute atomic E-state index is 13.0. The highest BCUT2D eigenvalue weighted by molar-refractivity contribution is 6.09. The van der Waals surface area contributed by atoms with Gasteiger partial charge in [-0.25, -0.2) is 0 Å². The second-order valence-corrected chi connectivity index (χ2v) is 6.88. The lowest BCUT2D eigenvalue weighted by molar-refractivity contribution is 0.102. The molecule has 0 spiro atoms. The number of nitrogens with zero attached hydrogens (tertiary/aromatic N) is 1. The minimum atomic E-state index is -0.599. The van der Waals surface area contributed by atoms with E-state index in [2.05, 4.69) is 5.32 Å². The van der Waals surface area contributed by atoms with Crippen LogP contribution in [0.3, 0.4) is 0 Å². The molecule has 5 nitrogen and oxygen atoms in total. The van der Waals surface area contributed by atoms with E-state index in [4.69, 9.17) is 0 Å². The quantitative estimate of drug-likeness (QED) is 0.706. The minimum absolute atomic E-state index is 0.219. The van der Waals surface area contributed by atoms with Gasteiger partial charge in [-0.1, -0.05) is 31.5 Å². The van der Waals surface area contributed by atoms with E-state index in [1.165, 1.54) is 0 Å². The molecule has 140 valence electrons. The lowest BCUT2D eigenvalue weighted by Gasteiger charge is -2.15. The zero-order valence-corrected chi connectivity index (χ0v) is 15.9. The standard InChI is InChI=1S/C22H24N2O3/c1-4-5-10-24-18-9-7-6-8-17(18)20(25)19(22(24)27)21(26)23-16-12-14(2)11-15(3)13-16/h6-9,11-13,25H,4-5,10H2,1-3H3,(H,23,26). The number of para-hydroxylation sites is 1. The Kier molecular flexibility index (Phi) is 5.31. The number of hydrogen-bond acceptors (Lipinski definition) is 3. The summed E-state index contributed by atoms with van der Waals surface area (Å²) in [7, 11) is 0. The highest BCUT2D eigenvalue weighted by Crippen LogP contribution is 2.27. The Morgan fingerprint density at radius 2 is 1.78 bits per heavy atom. The van der Waals surface area contributed by atoms with Crippen LogP contribution >= 0.6 is 0 Å². The van der Waals surface area contributed by atoms with Gasteiger partial charge in [0.05, 0.1) is 5.52 Å². The number of aromatic nitrogens is 1. The summed E-state index contributed by atoms with van der Waals surface area (Å²) in [6.45, 7) is 6.42. The van der Waals surface area contributed by atoms with Crippen molar-refractivity contribution in [2.75, 3.05) is 5.32 Å². The normalized spacial score (nSPS) is 10.9. The maximum atomic E-state index is 13.0. The Hall–Kier alpha value is -3.08. The second kappa shape index (κ2) is 7.66. The molecule has 0 aliphatic rings. The van der Waals surface area contributed by atoms with Crippen LogP contribution in [0.2, 0.25) is 0 Å². The third-order valence-corrected chi connectivity index (χ3v) is 4.59. The third kappa shape index (κ3) is 3.72. The second-order valence-electron chi connectivity index (χ2n) is 6.88. The molecule has 0 saturated carbocycles. The SMILES string of the molecule is CCCCn1c(=O)c(C(=O)Nc2cc(C)cc(C)c2)c(O)c2ccccc21. The molecule has 3 aromatic rings. The van der Waals surface area contributed by atoms with Gasteiger partial charge in [-0.2, -0.15) is 0 Å². The zero-order valence-electron chi connectivity index (χ0n) is 15.9. The molecule has 0 atom stereocenters. The molecule has 0 fully saturated rings. The number of unbranched alkanes of at least 4 members (excludes halogenated alkanes) is 1. The van der Waals surface area contributed by atoms with E-state index in [0.717, 1.165) is 24.0 Å². The number of rotatable bonds is 5. The summed E-state index contributed by atoms with van der Waals surface area (Å²) >= 11 is 0. The van der Waals surface area contributed by atoms with Crippen molar-refractivity contribution in [2.24, 2.45) is 0 Å². The Morgan fingerprint density at radius 1 is 1.11 bits per heavy atom. The molecular weight excluding hydrogens is 340 g/mol. The largest absolute Gasteiger partial charge is 0.506 e. The van der Waals surface area contributed by atoms with Crippen molar-refractivity contribution >= 4 is 22.5 Å². The van der Waals surface area contributed by atoms with E-state index in [1.807, 2.05) is 45.0 Å². The van der Waals surface area contributed by atoms with Gasteiger partial charge >= 0.3 is 0 Å². The highest BCUT2D eigenvalue weighted by Gasteiger charge is 2.22. The van der Waals surface area contributed by atoms with E-state index in [1.54, 1.807) is 22.8 Å². The summed E-state index contributed by atoms with van der Waals surface area (Å²) in [6.07, 6.45) is 1.73. The van der Waals surface area contributed by atoms with Gasteiger partial charge in [0.25, 0.3) is 11.5 Å². The summed E-state index contributed by atoms with van der Waals surface area (Å²) in [5, 5.41) is 13.9. The number of benzene rings is 2. The number of aryl methyl sites for hydroxylation is 3. The minimum Gasteiger partial charge on any atom is -0.506 e. The van der Waals surface area contributed by atoms with Crippen LogP contribution in [0.1, 0.15) is 41.3 Å². The van der Waals surface area contributed by atoms with Crippen LogP contribution in [0.5, 0.6) is 5.75 Å². The van der Waals surface area contributed by atoms with Crippen molar-refractivity contribution in [3.63, 3.8) is 0 Å². The Labute approximate surface area is 158 Å². The van der Waals surface area contributed by atoms with Gasteiger partial charge in [-0.15, -0.1) is 0 Å². The lowest BCUT2D eigenvalue weighted by Crippen LogP contribution is -2.30. The molecule has 1 aromatic heterocycles. The van der Waals surface area contributed by atoms with Crippen molar-refractivity contribution in [2.45, 2.75) is 40.2 Å². The molecule has 0 bridgehead atoms. The number of amides is 1. The number of pyridine rings is 1. The first-order valence-corrected chi connectivity index (χ1v) is 9.16. The Morgan fingerprint density at radius 3 is 2.44 bits per heavy atom. The molecule has 1 amide bonds. The van der Waals surface area contributed by atoms with Crippen LogP contribution in [0.4, 0.5) is 5.69 Å². The summed E-state index contributed by atoms with van der Waals surface area (Å²) in [6, 6.07) is 12.8. The molecule has 0 aliphatic carbocycles. The van der Waals surface area contributed by atoms with Crippen LogP contribution in [-0.4, -0.2) is 15.6 Å². The van der Waals surface area contributed by atoms with Gasteiger partial charge in [0, 0.05) is 17.6 Å². The monoisotopic (exact) mass is 364 g/mol. The molecule has 0 saturated heterocycles. The Bertz CT molecular complexity index is 1050. The van der Waals surface area contributed by atoms with Crippen LogP contribution in [0.25, 0.3) is 10.9 Å². The predicted molar refractivity (Wildman–Crippen MR) is 109 cm³/mol. The van der Waals surface area contributed by atoms with Crippen molar-refractivity contribution in [1.82, 2.24) is 4.57 Å². The summed E-state index contributed by atoms with van der Waals surface area (Å²) in [5.41, 5.74) is 2.56. The summed E-state index contributed by atoms with van der Waals surface area (Å²) < 4.78 is 1.58. The molecule has 0 unspecified atom stereocenters. The van der Waals surface area contributed by atoms with Crippen molar-refractivity contribution < 1.29 is 9.90 Å². The van der Waals surface area contributed by atoms with Gasteiger partial charge in [-0.3, -0.25) is 9.59 Å². The Balaban J connectivity index is 2.12. The molecule has 2 aromatic carbocycles. The zero-order chi connectivity index (χ0) is 19.6. The number of carbonyl (C=O) groups is 1. The average molecular weight is 364 g/mol. The van der Waals surface area contributed by atoms with Crippen LogP contribution in [0, 0.1) is 13.8 Å². The van der Waals surface area contributed by atoms with E-state index in [0.29, 0.717) is 23.1 Å². The van der Waals surface area contributed by atoms with Crippen LogP contribution < -0.4 is 10.9 Å². The predicted octanol–water partition coefficient (Wildman–Crippen LogP) is 4.38. The van der Waals surface area contributed by atoms with Gasteiger partial charge in [0.15, 0.2) is 0 Å². The molecule has 0 radical (unpaired) electrons. The highest BCUT2D eigenvalue weighted by atomic mass is 16.3. The van der Waals surface area contributed by atoms with Crippen LogP contribution in [0.15, 0.2) is 47.3 Å². The van der Waals surface area contributed by atoms with Gasteiger partial charge in [-0.05, 0) is 55.7 Å². The third-order valence-electron chi connectivity index (χ3n) is 4.59. The molecular formula is C22H24N2O3. The number of hydrogen-bond donors (Lipinski definition) is 2. The first-order valence-electron chi connectivity index (χ1n) is 9.16. The number of anilines is 1. The summed E-state index contributed by atoms with van der Waals surface area (Å²) in [4.78, 5) is 25.9. The molecule has 0 aliphatic heterocycles. The fourth-order valence-corrected chi connectivity index (χ4v) is 3.37. The van der Waals surface area contributed by atoms with Crippen LogP contribution in [-0.2, 0) is 6.54 Å². The van der Waals surface area contributed by atoms with Gasteiger partial charge in [0.2, 0.25) is 0 Å². The molecule has 1 heterocycles. The first-order chi connectivity index (χ1) is 12.9. The van der Waals surface area contributed by atoms with Crippen molar-refractivity contribution in [1.29, 1.82) is 0 Å². The van der Waals surface area contributed by atoms with E-state index < -0.39 is 11.5 Å². The fourth-order valence-electron chi connectivity index (χ4n) is 3.37. The molecule has 2 N–H and O–H groups in total. The molecule has 3 rings (SSSR count). The lowest BCUT2D eigenvalue weighted by atomic mass is 10.1. The smallest absolute Gasteiger partial charge is 0.267 e. The molecule has 5 heteroatoms. The average Bonchev–Trinajstić information content (AvgIpc) is 2.61. The van der Waals surface area contributed by atoms with E-state index >= 15 is 0 Å². The summed E-state index contributed by atoms with van der Waals surface area (Å²) in [5.74, 6) is -0.872. The maximum Gasteiger partial charge on any atom is 0.267 e. The first kappa shape index (κ1) is 18.7. The van der Waals surface area contributed by atoms with Crippen molar-refractivity contribution in [3.05, 3.63) is 69.5 Å². The van der Waals surface area contributed by atoms with Crippen molar-refractivity contribution in [3.8, 4) is 5.75 Å². The molecule has 27 heavy (non-hydrogen) atoms. The fraction of sp³-hybridized carbons (Fsp3) is 0.273. The van der Waals surface area contributed by atoms with E-state index in [-0.39, 0.29) is 11.3 Å². The van der Waals surface area contributed by atoms with E-state index in [9.17, 15) is 14.7 Å². The number of carbonyl (C=O) groups excluding carboxylic acids is 1. The number of nitrogens with one attached hydrogen (secondary N) is 1. The number of aromatic hydroxyl groups is 1. The van der Waals surface area contributed by atoms with Gasteiger partial charge in [0.1, 0.15) is 11.3 Å². The topological polar surface area (TPSA) is 71.3 Å².